The van der Waals surface area contributed by atoms with Crippen molar-refractivity contribution in [3.63, 3.8) is 0 Å². The largest absolute Gasteiger partial charge is 0.391 e. The summed E-state index contributed by atoms with van der Waals surface area (Å²) in [7, 11) is 0.760. The zero-order chi connectivity index (χ0) is 12.2. The first kappa shape index (κ1) is 16.0. The van der Waals surface area contributed by atoms with Crippen molar-refractivity contribution in [2.75, 3.05) is 38.3 Å². The van der Waals surface area contributed by atoms with Gasteiger partial charge in [-0.1, -0.05) is 19.8 Å². The van der Waals surface area contributed by atoms with Gasteiger partial charge in [-0.2, -0.15) is 0 Å². The predicted octanol–water partition coefficient (Wildman–Crippen LogP) is 0.522. The SMILES string of the molecule is CCCCCS(=O)CC(O)CNCCOC. The first-order valence-corrected chi connectivity index (χ1v) is 7.42. The maximum atomic E-state index is 11.5. The van der Waals surface area contributed by atoms with E-state index in [1.54, 1.807) is 7.11 Å². The minimum atomic E-state index is -0.880. The molecule has 0 aliphatic carbocycles. The van der Waals surface area contributed by atoms with Crippen molar-refractivity contribution in [3.05, 3.63) is 0 Å². The van der Waals surface area contributed by atoms with Crippen LogP contribution in [0.1, 0.15) is 26.2 Å². The summed E-state index contributed by atoms with van der Waals surface area (Å²) in [5.74, 6) is 1.09. The molecule has 0 aromatic carbocycles. The molecule has 0 saturated heterocycles. The van der Waals surface area contributed by atoms with E-state index in [4.69, 9.17) is 4.74 Å². The van der Waals surface area contributed by atoms with Crippen LogP contribution in [0.2, 0.25) is 0 Å². The molecular formula is C11H25NO3S. The number of rotatable bonds is 11. The average molecular weight is 251 g/mol. The van der Waals surface area contributed by atoms with Gasteiger partial charge in [0.25, 0.3) is 0 Å². The molecule has 0 aromatic rings. The highest BCUT2D eigenvalue weighted by atomic mass is 32.2. The molecule has 0 fully saturated rings. The summed E-state index contributed by atoms with van der Waals surface area (Å²) in [6.45, 7) is 3.96. The van der Waals surface area contributed by atoms with E-state index in [2.05, 4.69) is 12.2 Å². The Hall–Kier alpha value is 0.0300. The monoisotopic (exact) mass is 251 g/mol. The molecule has 0 aliphatic rings. The van der Waals surface area contributed by atoms with Gasteiger partial charge in [0.15, 0.2) is 0 Å². The second kappa shape index (κ2) is 11.5. The smallest absolute Gasteiger partial charge is 0.0779 e. The molecule has 0 rings (SSSR count). The van der Waals surface area contributed by atoms with Crippen LogP contribution in [0.3, 0.4) is 0 Å². The molecule has 0 aliphatic heterocycles. The zero-order valence-corrected chi connectivity index (χ0v) is 11.2. The van der Waals surface area contributed by atoms with Crippen LogP contribution >= 0.6 is 0 Å². The van der Waals surface area contributed by atoms with Crippen molar-refractivity contribution in [3.8, 4) is 0 Å². The summed E-state index contributed by atoms with van der Waals surface area (Å²) in [6, 6.07) is 0. The number of unbranched alkanes of at least 4 members (excludes halogenated alkanes) is 2. The highest BCUT2D eigenvalue weighted by Gasteiger charge is 2.08. The lowest BCUT2D eigenvalue weighted by atomic mass is 10.3. The Morgan fingerprint density at radius 2 is 2.19 bits per heavy atom. The van der Waals surface area contributed by atoms with Gasteiger partial charge >= 0.3 is 0 Å². The van der Waals surface area contributed by atoms with Crippen LogP contribution in [0.25, 0.3) is 0 Å². The van der Waals surface area contributed by atoms with Crippen LogP contribution in [0.4, 0.5) is 0 Å². The number of hydrogen-bond donors (Lipinski definition) is 2. The van der Waals surface area contributed by atoms with E-state index in [0.29, 0.717) is 24.7 Å². The van der Waals surface area contributed by atoms with Gasteiger partial charge in [-0.25, -0.2) is 0 Å². The standard InChI is InChI=1S/C11H25NO3S/c1-3-4-5-8-16(14)10-11(13)9-12-6-7-15-2/h11-13H,3-10H2,1-2H3. The van der Waals surface area contributed by atoms with Gasteiger partial charge in [-0.05, 0) is 6.42 Å². The van der Waals surface area contributed by atoms with Gasteiger partial charge in [-0.15, -0.1) is 0 Å². The van der Waals surface area contributed by atoms with Crippen LogP contribution in [-0.4, -0.2) is 53.7 Å². The molecule has 0 saturated carbocycles. The Balaban J connectivity index is 3.39. The van der Waals surface area contributed by atoms with E-state index in [9.17, 15) is 9.32 Å². The van der Waals surface area contributed by atoms with Gasteiger partial charge in [-0.3, -0.25) is 4.21 Å². The van der Waals surface area contributed by atoms with Gasteiger partial charge in [0.1, 0.15) is 0 Å². The first-order chi connectivity index (χ1) is 7.70. The second-order valence-electron chi connectivity index (χ2n) is 3.87. The molecule has 0 amide bonds. The summed E-state index contributed by atoms with van der Waals surface area (Å²) in [4.78, 5) is 0. The molecule has 2 unspecified atom stereocenters. The average Bonchev–Trinajstić information content (AvgIpc) is 2.25. The van der Waals surface area contributed by atoms with E-state index >= 15 is 0 Å². The van der Waals surface area contributed by atoms with Gasteiger partial charge in [0, 0.05) is 36.8 Å². The summed E-state index contributed by atoms with van der Waals surface area (Å²) in [5.41, 5.74) is 0. The molecule has 0 radical (unpaired) electrons. The molecule has 0 bridgehead atoms. The summed E-state index contributed by atoms with van der Waals surface area (Å²) in [6.07, 6.45) is 2.73. The maximum Gasteiger partial charge on any atom is 0.0779 e. The third-order valence-electron chi connectivity index (χ3n) is 2.22. The molecular weight excluding hydrogens is 226 g/mol. The van der Waals surface area contributed by atoms with Crippen LogP contribution in [0, 0.1) is 0 Å². The van der Waals surface area contributed by atoms with Crippen molar-refractivity contribution in [1.29, 1.82) is 0 Å². The first-order valence-electron chi connectivity index (χ1n) is 5.93. The van der Waals surface area contributed by atoms with E-state index in [1.807, 2.05) is 0 Å². The number of methoxy groups -OCH3 is 1. The molecule has 0 spiro atoms. The lowest BCUT2D eigenvalue weighted by molar-refractivity contribution is 0.174. The van der Waals surface area contributed by atoms with Gasteiger partial charge < -0.3 is 15.2 Å². The molecule has 2 atom stereocenters. The fraction of sp³-hybridized carbons (Fsp3) is 1.00. The van der Waals surface area contributed by atoms with E-state index in [1.165, 1.54) is 0 Å². The van der Waals surface area contributed by atoms with E-state index in [-0.39, 0.29) is 0 Å². The third-order valence-corrected chi connectivity index (χ3v) is 3.72. The second-order valence-corrected chi connectivity index (χ2v) is 5.49. The summed E-state index contributed by atoms with van der Waals surface area (Å²) >= 11 is 0. The van der Waals surface area contributed by atoms with Crippen LogP contribution in [0.15, 0.2) is 0 Å². The Kier molecular flexibility index (Phi) is 11.5. The number of nitrogens with one attached hydrogen (secondary N) is 1. The molecule has 0 heterocycles. The maximum absolute atomic E-state index is 11.5. The molecule has 16 heavy (non-hydrogen) atoms. The van der Waals surface area contributed by atoms with Crippen LogP contribution < -0.4 is 5.32 Å². The Labute approximate surface area is 101 Å². The Morgan fingerprint density at radius 1 is 1.44 bits per heavy atom. The van der Waals surface area contributed by atoms with Crippen molar-refractivity contribution in [1.82, 2.24) is 5.32 Å². The minimum Gasteiger partial charge on any atom is -0.391 e. The lowest BCUT2D eigenvalue weighted by Crippen LogP contribution is -2.33. The third kappa shape index (κ3) is 10.5. The minimum absolute atomic E-state index is 0.379. The van der Waals surface area contributed by atoms with Crippen LogP contribution in [-0.2, 0) is 15.5 Å². The number of aliphatic hydroxyl groups is 1. The highest BCUT2D eigenvalue weighted by Crippen LogP contribution is 1.98. The number of ether oxygens (including phenoxy) is 1. The molecule has 5 heteroatoms. The molecule has 2 N–H and O–H groups in total. The van der Waals surface area contributed by atoms with Crippen molar-refractivity contribution in [2.24, 2.45) is 0 Å². The molecule has 0 aromatic heterocycles. The van der Waals surface area contributed by atoms with Gasteiger partial charge in [0.2, 0.25) is 0 Å². The Bertz CT molecular complexity index is 179. The summed E-state index contributed by atoms with van der Waals surface area (Å²) in [5, 5.41) is 12.6. The van der Waals surface area contributed by atoms with E-state index in [0.717, 1.165) is 25.8 Å². The van der Waals surface area contributed by atoms with Gasteiger partial charge in [0.05, 0.1) is 18.5 Å². The highest BCUT2D eigenvalue weighted by molar-refractivity contribution is 7.85. The zero-order valence-electron chi connectivity index (χ0n) is 10.4. The quantitative estimate of drug-likeness (QED) is 0.526. The van der Waals surface area contributed by atoms with Crippen molar-refractivity contribution < 1.29 is 14.1 Å². The Morgan fingerprint density at radius 3 is 2.81 bits per heavy atom. The summed E-state index contributed by atoms with van der Waals surface area (Å²) < 4.78 is 16.4. The number of hydrogen-bond acceptors (Lipinski definition) is 4. The van der Waals surface area contributed by atoms with Crippen molar-refractivity contribution in [2.45, 2.75) is 32.3 Å². The molecule has 4 nitrogen and oxygen atoms in total. The normalized spacial score (nSPS) is 14.9. The van der Waals surface area contributed by atoms with Crippen molar-refractivity contribution >= 4 is 10.8 Å². The number of aliphatic hydroxyl groups excluding tert-OH is 1. The predicted molar refractivity (Wildman–Crippen MR) is 68.2 cm³/mol. The lowest BCUT2D eigenvalue weighted by Gasteiger charge is -2.11. The molecule has 98 valence electrons. The fourth-order valence-corrected chi connectivity index (χ4v) is 2.55. The van der Waals surface area contributed by atoms with Crippen LogP contribution in [0.5, 0.6) is 0 Å². The fourth-order valence-electron chi connectivity index (χ4n) is 1.31. The van der Waals surface area contributed by atoms with E-state index < -0.39 is 16.9 Å². The topological polar surface area (TPSA) is 58.6 Å².